The van der Waals surface area contributed by atoms with Crippen molar-refractivity contribution in [3.63, 3.8) is 0 Å². The third-order valence-corrected chi connectivity index (χ3v) is 6.45. The van der Waals surface area contributed by atoms with E-state index in [0.717, 1.165) is 0 Å². The number of sulfonamides is 2. The van der Waals surface area contributed by atoms with Crippen LogP contribution >= 0.6 is 11.3 Å². The first kappa shape index (κ1) is 14.9. The van der Waals surface area contributed by atoms with Gasteiger partial charge in [0.2, 0.25) is 10.0 Å². The van der Waals surface area contributed by atoms with Crippen LogP contribution in [0.2, 0.25) is 0 Å². The first-order valence-electron chi connectivity index (χ1n) is 5.12. The molecule has 0 bridgehead atoms. The summed E-state index contributed by atoms with van der Waals surface area (Å²) in [6.07, 6.45) is 1.33. The van der Waals surface area contributed by atoms with Gasteiger partial charge in [-0.25, -0.2) is 18.5 Å². The molecule has 0 fully saturated rings. The molecule has 110 valence electrons. The predicted octanol–water partition coefficient (Wildman–Crippen LogP) is -0.367. The molecular weight excluding hydrogens is 326 g/mol. The first-order chi connectivity index (χ1) is 9.11. The number of hydrogen-bond acceptors (Lipinski definition) is 7. The fourth-order valence-electron chi connectivity index (χ4n) is 1.48. The molecule has 2 heterocycles. The monoisotopic (exact) mass is 337 g/mol. The zero-order chi connectivity index (χ0) is 15.1. The first-order valence-corrected chi connectivity index (χ1v) is 8.97. The topological polar surface area (TPSA) is 137 Å². The largest absolute Gasteiger partial charge is 0.280 e. The summed E-state index contributed by atoms with van der Waals surface area (Å²) in [5.41, 5.74) is 0.139. The third-order valence-electron chi connectivity index (χ3n) is 2.29. The van der Waals surface area contributed by atoms with Crippen LogP contribution in [0.5, 0.6) is 0 Å². The number of hydrogen-bond donors (Lipinski definition) is 2. The van der Waals surface area contributed by atoms with Crippen LogP contribution in [0.15, 0.2) is 21.5 Å². The molecule has 0 atom stereocenters. The van der Waals surface area contributed by atoms with Gasteiger partial charge in [-0.1, -0.05) is 11.3 Å². The van der Waals surface area contributed by atoms with Crippen molar-refractivity contribution in [3.05, 3.63) is 18.0 Å². The Kier molecular flexibility index (Phi) is 3.58. The molecule has 9 nitrogen and oxygen atoms in total. The second-order valence-electron chi connectivity index (χ2n) is 3.84. The summed E-state index contributed by atoms with van der Waals surface area (Å²) in [4.78, 5) is 3.84. The number of nitrogens with zero attached hydrogens (tertiary/aromatic N) is 3. The van der Waals surface area contributed by atoms with Crippen LogP contribution in [0.1, 0.15) is 5.69 Å². The molecule has 0 aromatic carbocycles. The Bertz CT molecular complexity index is 849. The second kappa shape index (κ2) is 4.80. The molecule has 2 aromatic rings. The summed E-state index contributed by atoms with van der Waals surface area (Å²) in [5, 5.41) is 8.61. The van der Waals surface area contributed by atoms with Crippen molar-refractivity contribution in [2.45, 2.75) is 16.2 Å². The van der Waals surface area contributed by atoms with E-state index < -0.39 is 20.0 Å². The average Bonchev–Trinajstić information content (AvgIpc) is 2.83. The maximum Gasteiger partial charge on any atom is 0.280 e. The molecule has 0 radical (unpaired) electrons. The summed E-state index contributed by atoms with van der Waals surface area (Å²) in [6, 6.07) is 1.31. The molecule has 0 saturated carbocycles. The molecule has 0 unspecified atom stereocenters. The maximum absolute atomic E-state index is 12.1. The Labute approximate surface area is 119 Å². The maximum atomic E-state index is 12.1. The fourth-order valence-corrected chi connectivity index (χ4v) is 4.70. The summed E-state index contributed by atoms with van der Waals surface area (Å²) in [5.74, 6) is 0. The van der Waals surface area contributed by atoms with E-state index in [1.165, 1.54) is 30.9 Å². The number of aryl methyl sites for hydroxylation is 2. The molecule has 2 aromatic heterocycles. The standard InChI is InChI=1S/C8H11N5O4S3/c1-5-7(19(9,14)15)18-8(11-5)12-20(16,17)6-3-4-10-13(6)2/h3-4H,1-2H3,(H,11,12)(H2,9,14,15). The van der Waals surface area contributed by atoms with Gasteiger partial charge in [0, 0.05) is 7.05 Å². The summed E-state index contributed by atoms with van der Waals surface area (Å²) >= 11 is 0.652. The van der Waals surface area contributed by atoms with Crippen LogP contribution < -0.4 is 9.86 Å². The molecule has 0 aliphatic heterocycles. The van der Waals surface area contributed by atoms with E-state index in [-0.39, 0.29) is 20.1 Å². The number of nitrogens with one attached hydrogen (secondary N) is 1. The normalized spacial score (nSPS) is 12.6. The van der Waals surface area contributed by atoms with Gasteiger partial charge in [0.15, 0.2) is 14.4 Å². The number of anilines is 1. The van der Waals surface area contributed by atoms with E-state index in [2.05, 4.69) is 14.8 Å². The SMILES string of the molecule is Cc1nc(NS(=O)(=O)c2ccnn2C)sc1S(N)(=O)=O. The molecule has 20 heavy (non-hydrogen) atoms. The lowest BCUT2D eigenvalue weighted by Gasteiger charge is -2.04. The van der Waals surface area contributed by atoms with E-state index >= 15 is 0 Å². The molecule has 0 amide bonds. The van der Waals surface area contributed by atoms with Crippen LogP contribution in [-0.2, 0) is 27.1 Å². The van der Waals surface area contributed by atoms with Crippen LogP contribution in [0.3, 0.4) is 0 Å². The number of nitrogens with two attached hydrogens (primary N) is 1. The van der Waals surface area contributed by atoms with E-state index in [1.54, 1.807) is 0 Å². The zero-order valence-electron chi connectivity index (χ0n) is 10.4. The van der Waals surface area contributed by atoms with Gasteiger partial charge in [0.1, 0.15) is 0 Å². The molecule has 0 aliphatic rings. The highest BCUT2D eigenvalue weighted by atomic mass is 32.2. The van der Waals surface area contributed by atoms with Crippen LogP contribution in [0.4, 0.5) is 5.13 Å². The molecule has 12 heteroatoms. The summed E-state index contributed by atoms with van der Waals surface area (Å²) in [6.45, 7) is 1.43. The van der Waals surface area contributed by atoms with Gasteiger partial charge >= 0.3 is 0 Å². The molecule has 2 rings (SSSR count). The Balaban J connectivity index is 2.39. The van der Waals surface area contributed by atoms with Crippen molar-refractivity contribution in [1.82, 2.24) is 14.8 Å². The molecule has 0 saturated heterocycles. The quantitative estimate of drug-likeness (QED) is 0.781. The van der Waals surface area contributed by atoms with E-state index in [0.29, 0.717) is 11.3 Å². The molecule has 0 spiro atoms. The minimum absolute atomic E-state index is 0.0671. The highest BCUT2D eigenvalue weighted by Crippen LogP contribution is 2.27. The minimum atomic E-state index is -3.93. The summed E-state index contributed by atoms with van der Waals surface area (Å²) in [7, 11) is -6.34. The third kappa shape index (κ3) is 2.82. The highest BCUT2D eigenvalue weighted by Gasteiger charge is 2.23. The van der Waals surface area contributed by atoms with Crippen molar-refractivity contribution >= 4 is 36.5 Å². The number of primary sulfonamides is 1. The Hall–Kier alpha value is -1.50. The lowest BCUT2D eigenvalue weighted by atomic mass is 10.6. The number of rotatable bonds is 4. The van der Waals surface area contributed by atoms with Gasteiger partial charge in [0.05, 0.1) is 11.9 Å². The number of thiazole rings is 1. The van der Waals surface area contributed by atoms with Crippen LogP contribution in [0, 0.1) is 6.92 Å². The highest BCUT2D eigenvalue weighted by molar-refractivity contribution is 7.93. The van der Waals surface area contributed by atoms with E-state index in [1.807, 2.05) is 0 Å². The minimum Gasteiger partial charge on any atom is -0.256 e. The van der Waals surface area contributed by atoms with Gasteiger partial charge in [0.25, 0.3) is 10.0 Å². The average molecular weight is 337 g/mol. The van der Waals surface area contributed by atoms with E-state index in [4.69, 9.17) is 5.14 Å². The molecule has 0 aliphatic carbocycles. The van der Waals surface area contributed by atoms with Gasteiger partial charge < -0.3 is 0 Å². The number of aromatic nitrogens is 3. The van der Waals surface area contributed by atoms with Gasteiger partial charge in [-0.05, 0) is 13.0 Å². The Morgan fingerprint density at radius 3 is 2.45 bits per heavy atom. The Morgan fingerprint density at radius 1 is 1.35 bits per heavy atom. The van der Waals surface area contributed by atoms with E-state index in [9.17, 15) is 16.8 Å². The van der Waals surface area contributed by atoms with Crippen molar-refractivity contribution in [1.29, 1.82) is 0 Å². The smallest absolute Gasteiger partial charge is 0.256 e. The van der Waals surface area contributed by atoms with Gasteiger partial charge in [-0.15, -0.1) is 0 Å². The van der Waals surface area contributed by atoms with Crippen molar-refractivity contribution in [2.75, 3.05) is 4.72 Å². The van der Waals surface area contributed by atoms with Gasteiger partial charge in [-0.3, -0.25) is 9.40 Å². The lowest BCUT2D eigenvalue weighted by Crippen LogP contribution is -2.16. The second-order valence-corrected chi connectivity index (χ2v) is 8.22. The zero-order valence-corrected chi connectivity index (χ0v) is 12.9. The molecule has 3 N–H and O–H groups in total. The van der Waals surface area contributed by atoms with Crippen LogP contribution in [-0.4, -0.2) is 31.6 Å². The Morgan fingerprint density at radius 2 is 2.00 bits per heavy atom. The van der Waals surface area contributed by atoms with Crippen molar-refractivity contribution < 1.29 is 16.8 Å². The van der Waals surface area contributed by atoms with Crippen molar-refractivity contribution in [2.24, 2.45) is 12.2 Å². The summed E-state index contributed by atoms with van der Waals surface area (Å²) < 4.78 is 49.9. The van der Waals surface area contributed by atoms with Crippen LogP contribution in [0.25, 0.3) is 0 Å². The molecular formula is C8H11N5O4S3. The lowest BCUT2D eigenvalue weighted by molar-refractivity contribution is 0.582. The fraction of sp³-hybridized carbons (Fsp3) is 0.250. The predicted molar refractivity (Wildman–Crippen MR) is 72.2 cm³/mol. The van der Waals surface area contributed by atoms with Gasteiger partial charge in [-0.2, -0.15) is 13.5 Å². The van der Waals surface area contributed by atoms with Crippen molar-refractivity contribution in [3.8, 4) is 0 Å².